The standard InChI is InChI=1S/C49H80O15/c1-3-5-7-9-11-13-14-15-16-17-18-19-20-21-22-24-26-28-30-32-41(52)62-37(34-59-40(51)31-29-27-25-23-12-10-8-6-4-2)35-60-48-47(58)45(56)43(54)39(64-48)36-61-49-46(57)44(55)42(53)38(33-50)63-49/h5,7,11,13,15-16,18-19,21-22,26,28,37-39,42-50,53-58H,3-4,6,8-10,12,14,17,20,23-25,27,29-36H2,1-2H3/b7-5+,13-11+,16-15+,19-18+,22-21+,28-26+/t37-,38+,39+,42-,43-,44?,45?,46?,47?,48+,49+/m1/s1. The number of carbonyl (C=O) groups is 2. The average Bonchev–Trinajstić information content (AvgIpc) is 3.29. The van der Waals surface area contributed by atoms with Gasteiger partial charge in [-0.15, -0.1) is 0 Å². The van der Waals surface area contributed by atoms with Crippen LogP contribution in [0, 0.1) is 0 Å². The summed E-state index contributed by atoms with van der Waals surface area (Å²) in [6.07, 6.45) is 24.0. The number of ether oxygens (including phenoxy) is 6. The van der Waals surface area contributed by atoms with Crippen LogP contribution in [0.3, 0.4) is 0 Å². The van der Waals surface area contributed by atoms with Crippen molar-refractivity contribution in [2.24, 2.45) is 0 Å². The fourth-order valence-electron chi connectivity index (χ4n) is 6.83. The Hall–Kier alpha value is -3.06. The van der Waals surface area contributed by atoms with Crippen LogP contribution in [0.15, 0.2) is 72.9 Å². The third-order valence-corrected chi connectivity index (χ3v) is 10.7. The second-order valence-electron chi connectivity index (χ2n) is 16.2. The van der Waals surface area contributed by atoms with E-state index in [9.17, 15) is 45.3 Å². The number of rotatable bonds is 34. The van der Waals surface area contributed by atoms with Gasteiger partial charge < -0.3 is 64.2 Å². The summed E-state index contributed by atoms with van der Waals surface area (Å²) in [7, 11) is 0. The summed E-state index contributed by atoms with van der Waals surface area (Å²) < 4.78 is 33.3. The Bertz CT molecular complexity index is 1390. The molecular formula is C49H80O15. The molecule has 64 heavy (non-hydrogen) atoms. The smallest absolute Gasteiger partial charge is 0.306 e. The SMILES string of the molecule is CC/C=C/C/C=C/C/C=C/C/C=C/C/C=C/C/C=C/CCC(=O)O[C@H](COC(=O)CCCCCCCCCCC)CO[C@H]1O[C@@H](CO[C@H]2O[C@@H](CO)[C@@H](O)C(O)C2O)[C@@H](O)C(O)C1O. The maximum absolute atomic E-state index is 12.9. The van der Waals surface area contributed by atoms with Gasteiger partial charge in [-0.25, -0.2) is 0 Å². The molecule has 0 radical (unpaired) electrons. The molecule has 7 N–H and O–H groups in total. The molecule has 0 spiro atoms. The Labute approximate surface area is 381 Å². The van der Waals surface area contributed by atoms with Crippen LogP contribution in [0.1, 0.15) is 129 Å². The molecule has 0 aromatic rings. The van der Waals surface area contributed by atoms with Crippen LogP contribution >= 0.6 is 0 Å². The first-order chi connectivity index (χ1) is 31.0. The van der Waals surface area contributed by atoms with Gasteiger partial charge in [0.1, 0.15) is 55.4 Å². The van der Waals surface area contributed by atoms with Crippen LogP contribution in [0.2, 0.25) is 0 Å². The molecule has 2 aliphatic rings. The predicted octanol–water partition coefficient (Wildman–Crippen LogP) is 5.48. The van der Waals surface area contributed by atoms with Crippen molar-refractivity contribution in [3.63, 3.8) is 0 Å². The highest BCUT2D eigenvalue weighted by Crippen LogP contribution is 2.26. The Balaban J connectivity index is 1.87. The van der Waals surface area contributed by atoms with Gasteiger partial charge in [0.15, 0.2) is 18.7 Å². The summed E-state index contributed by atoms with van der Waals surface area (Å²) in [5.74, 6) is -1.03. The van der Waals surface area contributed by atoms with E-state index < -0.39 is 99.3 Å². The van der Waals surface area contributed by atoms with E-state index in [1.54, 1.807) is 0 Å². The molecule has 4 unspecified atom stereocenters. The van der Waals surface area contributed by atoms with Gasteiger partial charge in [-0.2, -0.15) is 0 Å². The fraction of sp³-hybridized carbons (Fsp3) is 0.714. The highest BCUT2D eigenvalue weighted by Gasteiger charge is 2.47. The normalized spacial score (nSPS) is 27.3. The van der Waals surface area contributed by atoms with Crippen LogP contribution in [0.4, 0.5) is 0 Å². The monoisotopic (exact) mass is 909 g/mol. The maximum Gasteiger partial charge on any atom is 0.306 e. The summed E-state index contributed by atoms with van der Waals surface area (Å²) in [5.41, 5.74) is 0. The molecule has 366 valence electrons. The van der Waals surface area contributed by atoms with Crippen LogP contribution in [-0.4, -0.2) is 142 Å². The molecule has 0 saturated carbocycles. The lowest BCUT2D eigenvalue weighted by molar-refractivity contribution is -0.332. The second-order valence-corrected chi connectivity index (χ2v) is 16.2. The van der Waals surface area contributed by atoms with E-state index in [0.29, 0.717) is 19.3 Å². The van der Waals surface area contributed by atoms with Gasteiger partial charge in [0, 0.05) is 12.8 Å². The fourth-order valence-corrected chi connectivity index (χ4v) is 6.83. The first kappa shape index (κ1) is 57.1. The molecule has 2 heterocycles. The van der Waals surface area contributed by atoms with Gasteiger partial charge in [-0.3, -0.25) is 9.59 Å². The van der Waals surface area contributed by atoms with E-state index in [1.807, 2.05) is 18.2 Å². The summed E-state index contributed by atoms with van der Waals surface area (Å²) in [5, 5.41) is 71.9. The van der Waals surface area contributed by atoms with Gasteiger partial charge in [-0.1, -0.05) is 138 Å². The molecule has 0 bridgehead atoms. The largest absolute Gasteiger partial charge is 0.462 e. The molecule has 2 aliphatic heterocycles. The number of esters is 2. The van der Waals surface area contributed by atoms with E-state index in [-0.39, 0.29) is 19.4 Å². The lowest BCUT2D eigenvalue weighted by Crippen LogP contribution is -2.61. The van der Waals surface area contributed by atoms with Gasteiger partial charge in [0.05, 0.1) is 19.8 Å². The minimum atomic E-state index is -1.78. The average molecular weight is 909 g/mol. The summed E-state index contributed by atoms with van der Waals surface area (Å²) in [6.45, 7) is 2.34. The van der Waals surface area contributed by atoms with E-state index in [1.165, 1.54) is 32.1 Å². The maximum atomic E-state index is 12.9. The van der Waals surface area contributed by atoms with Gasteiger partial charge in [-0.05, 0) is 51.4 Å². The van der Waals surface area contributed by atoms with Crippen molar-refractivity contribution < 1.29 is 73.8 Å². The van der Waals surface area contributed by atoms with Crippen molar-refractivity contribution in [1.29, 1.82) is 0 Å². The zero-order valence-electron chi connectivity index (χ0n) is 38.2. The zero-order chi connectivity index (χ0) is 46.8. The molecule has 11 atom stereocenters. The van der Waals surface area contributed by atoms with Crippen molar-refractivity contribution in [1.82, 2.24) is 0 Å². The molecule has 15 nitrogen and oxygen atoms in total. The van der Waals surface area contributed by atoms with Crippen LogP contribution in [-0.2, 0) is 38.0 Å². The van der Waals surface area contributed by atoms with Gasteiger partial charge >= 0.3 is 11.9 Å². The lowest BCUT2D eigenvalue weighted by Gasteiger charge is -2.42. The number of carbonyl (C=O) groups excluding carboxylic acids is 2. The Kier molecular flexibility index (Phi) is 32.2. The lowest BCUT2D eigenvalue weighted by atomic mass is 9.98. The number of aliphatic hydroxyl groups excluding tert-OH is 7. The topological polar surface area (TPSA) is 231 Å². The van der Waals surface area contributed by atoms with Gasteiger partial charge in [0.2, 0.25) is 0 Å². The highest BCUT2D eigenvalue weighted by molar-refractivity contribution is 5.70. The molecule has 0 aliphatic carbocycles. The summed E-state index contributed by atoms with van der Waals surface area (Å²) in [4.78, 5) is 25.6. The van der Waals surface area contributed by atoms with E-state index in [0.717, 1.165) is 51.4 Å². The molecule has 2 rings (SSSR count). The van der Waals surface area contributed by atoms with Gasteiger partial charge in [0.25, 0.3) is 0 Å². The third kappa shape index (κ3) is 24.5. The van der Waals surface area contributed by atoms with Crippen molar-refractivity contribution >= 4 is 11.9 Å². The Morgan fingerprint density at radius 3 is 1.52 bits per heavy atom. The highest BCUT2D eigenvalue weighted by atomic mass is 16.7. The first-order valence-corrected chi connectivity index (χ1v) is 23.5. The van der Waals surface area contributed by atoms with Crippen LogP contribution in [0.5, 0.6) is 0 Å². The number of unbranched alkanes of at least 4 members (excludes halogenated alkanes) is 8. The van der Waals surface area contributed by atoms with Crippen LogP contribution in [0.25, 0.3) is 0 Å². The molecular weight excluding hydrogens is 829 g/mol. The molecule has 0 amide bonds. The quantitative estimate of drug-likeness (QED) is 0.0241. The molecule has 0 aromatic carbocycles. The third-order valence-electron chi connectivity index (χ3n) is 10.7. The Morgan fingerprint density at radius 2 is 0.984 bits per heavy atom. The molecule has 15 heteroatoms. The van der Waals surface area contributed by atoms with Crippen molar-refractivity contribution in [2.45, 2.75) is 197 Å². The second kappa shape index (κ2) is 36.1. The minimum Gasteiger partial charge on any atom is -0.462 e. The molecule has 2 fully saturated rings. The zero-order valence-corrected chi connectivity index (χ0v) is 38.2. The summed E-state index contributed by atoms with van der Waals surface area (Å²) in [6, 6.07) is 0. The number of aliphatic hydroxyl groups is 7. The minimum absolute atomic E-state index is 0.0376. The Morgan fingerprint density at radius 1 is 0.516 bits per heavy atom. The van der Waals surface area contributed by atoms with Crippen LogP contribution < -0.4 is 0 Å². The predicted molar refractivity (Wildman–Crippen MR) is 242 cm³/mol. The van der Waals surface area contributed by atoms with E-state index in [4.69, 9.17) is 28.4 Å². The number of hydrogen-bond donors (Lipinski definition) is 7. The van der Waals surface area contributed by atoms with E-state index in [2.05, 4.69) is 68.5 Å². The molecule has 0 aromatic heterocycles. The first-order valence-electron chi connectivity index (χ1n) is 23.5. The number of allylic oxidation sites excluding steroid dienone is 12. The van der Waals surface area contributed by atoms with Crippen molar-refractivity contribution in [2.75, 3.05) is 26.4 Å². The molecule has 2 saturated heterocycles. The number of hydrogen-bond acceptors (Lipinski definition) is 15. The van der Waals surface area contributed by atoms with E-state index >= 15 is 0 Å². The summed E-state index contributed by atoms with van der Waals surface area (Å²) >= 11 is 0. The van der Waals surface area contributed by atoms with Crippen molar-refractivity contribution in [3.8, 4) is 0 Å². The van der Waals surface area contributed by atoms with Crippen molar-refractivity contribution in [3.05, 3.63) is 72.9 Å².